The average Bonchev–Trinajstić information content (AvgIpc) is 3.14. The zero-order valence-corrected chi connectivity index (χ0v) is 12.4. The molecule has 2 aromatic heterocycles. The van der Waals surface area contributed by atoms with Gasteiger partial charge in [-0.3, -0.25) is 4.79 Å². The lowest BCUT2D eigenvalue weighted by atomic mass is 10.1. The van der Waals surface area contributed by atoms with Crippen LogP contribution < -0.4 is 0 Å². The van der Waals surface area contributed by atoms with Crippen LogP contribution in [0, 0.1) is 0 Å². The second-order valence-electron chi connectivity index (χ2n) is 5.51. The minimum absolute atomic E-state index is 0.0218. The van der Waals surface area contributed by atoms with Crippen molar-refractivity contribution >= 4 is 16.8 Å². The first-order chi connectivity index (χ1) is 10.8. The summed E-state index contributed by atoms with van der Waals surface area (Å²) in [5.74, 6) is 1.29. The van der Waals surface area contributed by atoms with Gasteiger partial charge in [0.1, 0.15) is 5.82 Å². The number of benzene rings is 1. The monoisotopic (exact) mass is 295 g/mol. The van der Waals surface area contributed by atoms with E-state index in [2.05, 4.69) is 27.3 Å². The Kier molecular flexibility index (Phi) is 2.96. The number of hydrogen-bond donors (Lipinski definition) is 1. The molecule has 0 saturated heterocycles. The summed E-state index contributed by atoms with van der Waals surface area (Å²) >= 11 is 0. The van der Waals surface area contributed by atoms with E-state index in [1.165, 1.54) is 10.9 Å². The van der Waals surface area contributed by atoms with Crippen LogP contribution in [0.25, 0.3) is 10.9 Å². The summed E-state index contributed by atoms with van der Waals surface area (Å²) in [6.45, 7) is 4.18. The largest absolute Gasteiger partial charge is 0.361 e. The molecule has 4 rings (SSSR count). The van der Waals surface area contributed by atoms with Gasteiger partial charge in [0.15, 0.2) is 0 Å². The number of carbonyl (C=O) groups is 1. The lowest BCUT2D eigenvalue weighted by Gasteiger charge is -2.26. The first-order valence-corrected chi connectivity index (χ1v) is 7.54. The average molecular weight is 295 g/mol. The van der Waals surface area contributed by atoms with E-state index in [4.69, 9.17) is 0 Å². The zero-order valence-electron chi connectivity index (χ0n) is 12.4. The molecule has 0 saturated carbocycles. The van der Waals surface area contributed by atoms with Crippen molar-refractivity contribution in [1.29, 1.82) is 0 Å². The Bertz CT molecular complexity index is 847. The molecule has 3 heterocycles. The molecule has 22 heavy (non-hydrogen) atoms. The molecule has 6 heteroatoms. The molecule has 0 radical (unpaired) electrons. The molecule has 0 bridgehead atoms. The van der Waals surface area contributed by atoms with E-state index >= 15 is 0 Å². The van der Waals surface area contributed by atoms with Gasteiger partial charge in [-0.1, -0.05) is 18.2 Å². The number of hydrogen-bond acceptors (Lipinski definition) is 3. The first-order valence-electron chi connectivity index (χ1n) is 7.54. The molecule has 0 fully saturated rings. The number of amides is 1. The van der Waals surface area contributed by atoms with Gasteiger partial charge in [-0.15, -0.1) is 10.2 Å². The highest BCUT2D eigenvalue weighted by Crippen LogP contribution is 2.21. The van der Waals surface area contributed by atoms with Crippen LogP contribution in [0.2, 0.25) is 0 Å². The Morgan fingerprint density at radius 2 is 2.09 bits per heavy atom. The molecule has 1 aromatic carbocycles. The van der Waals surface area contributed by atoms with Crippen molar-refractivity contribution in [1.82, 2.24) is 24.6 Å². The van der Waals surface area contributed by atoms with Crippen LogP contribution in [0.5, 0.6) is 0 Å². The molecular formula is C16H17N5O. The Hall–Kier alpha value is -2.63. The number of likely N-dealkylation sites (N-methyl/N-ethyl adjacent to an activating group) is 1. The van der Waals surface area contributed by atoms with E-state index in [9.17, 15) is 4.79 Å². The number of nitrogens with zero attached hydrogens (tertiary/aromatic N) is 4. The molecule has 3 aromatic rings. The fourth-order valence-electron chi connectivity index (χ4n) is 3.07. The molecule has 0 aliphatic carbocycles. The third-order valence-electron chi connectivity index (χ3n) is 4.30. The van der Waals surface area contributed by atoms with Crippen molar-refractivity contribution in [3.05, 3.63) is 47.7 Å². The van der Waals surface area contributed by atoms with Crippen molar-refractivity contribution in [3.8, 4) is 0 Å². The van der Waals surface area contributed by atoms with Crippen LogP contribution in [0.15, 0.2) is 30.5 Å². The number of aromatic amines is 1. The highest BCUT2D eigenvalue weighted by molar-refractivity contribution is 5.91. The Morgan fingerprint density at radius 1 is 1.23 bits per heavy atom. The summed E-state index contributed by atoms with van der Waals surface area (Å²) in [5.41, 5.74) is 2.29. The van der Waals surface area contributed by atoms with Gasteiger partial charge in [-0.05, 0) is 18.6 Å². The summed E-state index contributed by atoms with van der Waals surface area (Å²) in [7, 11) is 0. The third kappa shape index (κ3) is 1.91. The lowest BCUT2D eigenvalue weighted by molar-refractivity contribution is 0.0705. The molecule has 1 amide bonds. The molecule has 0 atom stereocenters. The van der Waals surface area contributed by atoms with Gasteiger partial charge >= 0.3 is 0 Å². The predicted octanol–water partition coefficient (Wildman–Crippen LogP) is 1.83. The van der Waals surface area contributed by atoms with Crippen LogP contribution in [-0.2, 0) is 13.0 Å². The molecule has 0 spiro atoms. The number of nitrogens with one attached hydrogen (secondary N) is 1. The van der Waals surface area contributed by atoms with Crippen LogP contribution in [-0.4, -0.2) is 43.6 Å². The number of H-pyrrole nitrogens is 1. The van der Waals surface area contributed by atoms with Gasteiger partial charge in [0.05, 0.1) is 0 Å². The fourth-order valence-corrected chi connectivity index (χ4v) is 3.07. The van der Waals surface area contributed by atoms with E-state index in [1.807, 2.05) is 29.8 Å². The van der Waals surface area contributed by atoms with E-state index in [0.717, 1.165) is 24.4 Å². The Balaban J connectivity index is 1.69. The number of aromatic nitrogens is 4. The van der Waals surface area contributed by atoms with Gasteiger partial charge in [-0.2, -0.15) is 0 Å². The highest BCUT2D eigenvalue weighted by Gasteiger charge is 2.27. The molecule has 1 aliphatic rings. The van der Waals surface area contributed by atoms with Crippen LogP contribution >= 0.6 is 0 Å². The van der Waals surface area contributed by atoms with E-state index < -0.39 is 0 Å². The topological polar surface area (TPSA) is 66.8 Å². The third-order valence-corrected chi connectivity index (χ3v) is 4.30. The van der Waals surface area contributed by atoms with Gasteiger partial charge < -0.3 is 14.5 Å². The molecule has 0 unspecified atom stereocenters. The number of carbonyl (C=O) groups excluding carboxylic acids is 1. The zero-order chi connectivity index (χ0) is 15.1. The highest BCUT2D eigenvalue weighted by atomic mass is 16.2. The molecule has 6 nitrogen and oxygen atoms in total. The number of fused-ring (bicyclic) bond motifs is 2. The van der Waals surface area contributed by atoms with Crippen LogP contribution in [0.3, 0.4) is 0 Å². The van der Waals surface area contributed by atoms with Crippen molar-refractivity contribution in [2.75, 3.05) is 13.1 Å². The van der Waals surface area contributed by atoms with Gasteiger partial charge in [0, 0.05) is 43.2 Å². The van der Waals surface area contributed by atoms with E-state index in [1.54, 1.807) is 4.90 Å². The number of rotatable bonds is 3. The number of para-hydroxylation sites is 1. The lowest BCUT2D eigenvalue weighted by Crippen LogP contribution is -2.40. The second-order valence-corrected chi connectivity index (χ2v) is 5.51. The summed E-state index contributed by atoms with van der Waals surface area (Å²) in [4.78, 5) is 17.4. The standard InChI is InChI=1S/C16H17N5O/c1-2-20-7-8-21-14(18-19-15(21)16(20)22)9-11-10-17-13-6-4-3-5-12(11)13/h3-6,10,17H,2,7-9H2,1H3. The quantitative estimate of drug-likeness (QED) is 0.801. The SMILES string of the molecule is CCN1CCn2c(Cc3c[nH]c4ccccc34)nnc2C1=O. The molecule has 112 valence electrons. The Labute approximate surface area is 127 Å². The van der Waals surface area contributed by atoms with Gasteiger partial charge in [0.25, 0.3) is 5.91 Å². The minimum Gasteiger partial charge on any atom is -0.361 e. The summed E-state index contributed by atoms with van der Waals surface area (Å²) in [6.07, 6.45) is 2.69. The van der Waals surface area contributed by atoms with E-state index in [-0.39, 0.29) is 5.91 Å². The maximum atomic E-state index is 12.3. The van der Waals surface area contributed by atoms with Crippen molar-refractivity contribution in [2.24, 2.45) is 0 Å². The summed E-state index contributed by atoms with van der Waals surface area (Å²) in [5, 5.41) is 9.55. The van der Waals surface area contributed by atoms with Gasteiger partial charge in [0.2, 0.25) is 5.82 Å². The van der Waals surface area contributed by atoms with Crippen molar-refractivity contribution < 1.29 is 4.79 Å². The Morgan fingerprint density at radius 3 is 2.95 bits per heavy atom. The predicted molar refractivity (Wildman–Crippen MR) is 82.7 cm³/mol. The molecule has 1 aliphatic heterocycles. The normalized spacial score (nSPS) is 14.6. The van der Waals surface area contributed by atoms with Crippen LogP contribution in [0.4, 0.5) is 0 Å². The summed E-state index contributed by atoms with van der Waals surface area (Å²) in [6, 6.07) is 8.19. The summed E-state index contributed by atoms with van der Waals surface area (Å²) < 4.78 is 1.95. The second kappa shape index (κ2) is 4.98. The maximum Gasteiger partial charge on any atom is 0.291 e. The van der Waals surface area contributed by atoms with Crippen LogP contribution in [0.1, 0.15) is 28.9 Å². The first kappa shape index (κ1) is 13.1. The molecular weight excluding hydrogens is 278 g/mol. The minimum atomic E-state index is -0.0218. The van der Waals surface area contributed by atoms with Gasteiger partial charge in [-0.25, -0.2) is 0 Å². The maximum absolute atomic E-state index is 12.3. The molecule has 1 N–H and O–H groups in total. The van der Waals surface area contributed by atoms with Crippen molar-refractivity contribution in [2.45, 2.75) is 19.9 Å². The smallest absolute Gasteiger partial charge is 0.291 e. The fraction of sp³-hybridized carbons (Fsp3) is 0.312. The van der Waals surface area contributed by atoms with Crippen molar-refractivity contribution in [3.63, 3.8) is 0 Å². The van der Waals surface area contributed by atoms with E-state index in [0.29, 0.717) is 18.8 Å².